The second-order valence-electron chi connectivity index (χ2n) is 3.79. The van der Waals surface area contributed by atoms with Gasteiger partial charge in [-0.25, -0.2) is 0 Å². The first-order valence-corrected chi connectivity index (χ1v) is 5.58. The predicted octanol–water partition coefficient (Wildman–Crippen LogP) is 3.11. The monoisotopic (exact) mass is 250 g/mol. The molecule has 0 aliphatic rings. The van der Waals surface area contributed by atoms with Crippen LogP contribution in [0.5, 0.6) is 0 Å². The van der Waals surface area contributed by atoms with E-state index in [0.717, 1.165) is 12.0 Å². The van der Waals surface area contributed by atoms with Gasteiger partial charge in [0.25, 0.3) is 5.69 Å². The highest BCUT2D eigenvalue weighted by Crippen LogP contribution is 2.25. The fourth-order valence-electron chi connectivity index (χ4n) is 1.62. The molecule has 0 aromatic heterocycles. The van der Waals surface area contributed by atoms with Crippen molar-refractivity contribution in [2.45, 2.75) is 25.3 Å². The fourth-order valence-corrected chi connectivity index (χ4v) is 1.62. The SMILES string of the molecule is [N-]=[N+]=NC(CCCCO)c1ccc([N+](=O)[O-])cc1. The molecule has 1 rings (SSSR count). The fraction of sp³-hybridized carbons (Fsp3) is 0.455. The second kappa shape index (κ2) is 7.26. The Kier molecular flexibility index (Phi) is 5.63. The molecule has 0 aliphatic carbocycles. The summed E-state index contributed by atoms with van der Waals surface area (Å²) in [4.78, 5) is 12.8. The Morgan fingerprint density at radius 3 is 2.56 bits per heavy atom. The molecule has 0 heterocycles. The number of aliphatic hydroxyl groups is 1. The summed E-state index contributed by atoms with van der Waals surface area (Å²) in [5.41, 5.74) is 9.25. The normalized spacial score (nSPS) is 11.6. The van der Waals surface area contributed by atoms with E-state index < -0.39 is 4.92 Å². The van der Waals surface area contributed by atoms with Gasteiger partial charge in [-0.05, 0) is 23.9 Å². The molecule has 0 spiro atoms. The average molecular weight is 250 g/mol. The van der Waals surface area contributed by atoms with E-state index in [9.17, 15) is 10.1 Å². The molecule has 1 aromatic carbocycles. The Labute approximate surface area is 104 Å². The molecule has 0 aliphatic heterocycles. The highest BCUT2D eigenvalue weighted by atomic mass is 16.6. The number of nitrogens with zero attached hydrogens (tertiary/aromatic N) is 4. The van der Waals surface area contributed by atoms with Crippen molar-refractivity contribution in [1.29, 1.82) is 0 Å². The van der Waals surface area contributed by atoms with Gasteiger partial charge >= 0.3 is 0 Å². The molecule has 0 saturated carbocycles. The number of aliphatic hydroxyl groups excluding tert-OH is 1. The van der Waals surface area contributed by atoms with Crippen LogP contribution >= 0.6 is 0 Å². The molecule has 1 atom stereocenters. The van der Waals surface area contributed by atoms with Crippen LogP contribution < -0.4 is 0 Å². The number of azide groups is 1. The Balaban J connectivity index is 2.78. The van der Waals surface area contributed by atoms with Crippen LogP contribution in [-0.2, 0) is 0 Å². The van der Waals surface area contributed by atoms with E-state index in [1.807, 2.05) is 0 Å². The molecule has 0 amide bonds. The Morgan fingerprint density at radius 1 is 1.39 bits per heavy atom. The van der Waals surface area contributed by atoms with E-state index in [4.69, 9.17) is 10.6 Å². The van der Waals surface area contributed by atoms with Gasteiger partial charge in [-0.2, -0.15) is 0 Å². The quantitative estimate of drug-likeness (QED) is 0.200. The van der Waals surface area contributed by atoms with Crippen molar-refractivity contribution in [1.82, 2.24) is 0 Å². The zero-order valence-electron chi connectivity index (χ0n) is 9.77. The molecule has 1 N–H and O–H groups in total. The maximum absolute atomic E-state index is 10.5. The number of benzene rings is 1. The molecule has 1 aromatic rings. The minimum absolute atomic E-state index is 0.00814. The standard InChI is InChI=1S/C11H14N4O3/c12-14-13-11(3-1-2-8-16)9-4-6-10(7-5-9)15(17)18/h4-7,11,16H,1-3,8H2. The summed E-state index contributed by atoms with van der Waals surface area (Å²) in [6.07, 6.45) is 1.99. The zero-order valence-corrected chi connectivity index (χ0v) is 9.77. The van der Waals surface area contributed by atoms with Crippen LogP contribution in [0.2, 0.25) is 0 Å². The topological polar surface area (TPSA) is 112 Å². The van der Waals surface area contributed by atoms with Gasteiger partial charge in [-0.3, -0.25) is 10.1 Å². The van der Waals surface area contributed by atoms with Crippen molar-refractivity contribution < 1.29 is 10.0 Å². The summed E-state index contributed by atoms with van der Waals surface area (Å²) in [5.74, 6) is 0. The number of unbranched alkanes of at least 4 members (excludes halogenated alkanes) is 1. The summed E-state index contributed by atoms with van der Waals surface area (Å²) in [5, 5.41) is 22.9. The smallest absolute Gasteiger partial charge is 0.269 e. The summed E-state index contributed by atoms with van der Waals surface area (Å²) >= 11 is 0. The first-order chi connectivity index (χ1) is 8.69. The molecular weight excluding hydrogens is 236 g/mol. The van der Waals surface area contributed by atoms with Crippen molar-refractivity contribution in [3.8, 4) is 0 Å². The van der Waals surface area contributed by atoms with Crippen LogP contribution in [0.15, 0.2) is 29.4 Å². The molecule has 0 radical (unpaired) electrons. The van der Waals surface area contributed by atoms with Crippen LogP contribution in [-0.4, -0.2) is 16.6 Å². The maximum atomic E-state index is 10.5. The van der Waals surface area contributed by atoms with E-state index >= 15 is 0 Å². The largest absolute Gasteiger partial charge is 0.396 e. The number of hydrogen-bond donors (Lipinski definition) is 1. The lowest BCUT2D eigenvalue weighted by Crippen LogP contribution is -1.97. The predicted molar refractivity (Wildman–Crippen MR) is 65.9 cm³/mol. The zero-order chi connectivity index (χ0) is 13.4. The van der Waals surface area contributed by atoms with E-state index in [1.165, 1.54) is 12.1 Å². The molecule has 0 bridgehead atoms. The van der Waals surface area contributed by atoms with Gasteiger partial charge in [-0.15, -0.1) is 0 Å². The maximum Gasteiger partial charge on any atom is 0.269 e. The molecular formula is C11H14N4O3. The Morgan fingerprint density at radius 2 is 2.06 bits per heavy atom. The number of nitro groups is 1. The van der Waals surface area contributed by atoms with Crippen LogP contribution in [0, 0.1) is 10.1 Å². The lowest BCUT2D eigenvalue weighted by atomic mass is 10.0. The van der Waals surface area contributed by atoms with Gasteiger partial charge in [0, 0.05) is 23.7 Å². The van der Waals surface area contributed by atoms with Crippen LogP contribution in [0.1, 0.15) is 30.9 Å². The first kappa shape index (κ1) is 14.0. The van der Waals surface area contributed by atoms with Crippen molar-refractivity contribution in [2.75, 3.05) is 6.61 Å². The summed E-state index contributed by atoms with van der Waals surface area (Å²) in [6, 6.07) is 5.62. The third kappa shape index (κ3) is 4.04. The van der Waals surface area contributed by atoms with E-state index in [-0.39, 0.29) is 18.3 Å². The third-order valence-corrected chi connectivity index (χ3v) is 2.57. The van der Waals surface area contributed by atoms with Crippen molar-refractivity contribution in [2.24, 2.45) is 5.11 Å². The van der Waals surface area contributed by atoms with Gasteiger partial charge in [0.05, 0.1) is 11.0 Å². The van der Waals surface area contributed by atoms with E-state index in [1.54, 1.807) is 12.1 Å². The van der Waals surface area contributed by atoms with Crippen LogP contribution in [0.4, 0.5) is 5.69 Å². The van der Waals surface area contributed by atoms with Crippen molar-refractivity contribution in [3.05, 3.63) is 50.4 Å². The van der Waals surface area contributed by atoms with Gasteiger partial charge in [0.1, 0.15) is 0 Å². The highest BCUT2D eigenvalue weighted by Gasteiger charge is 2.11. The van der Waals surface area contributed by atoms with E-state index in [0.29, 0.717) is 12.8 Å². The van der Waals surface area contributed by atoms with Gasteiger partial charge in [0.2, 0.25) is 0 Å². The lowest BCUT2D eigenvalue weighted by Gasteiger charge is -2.10. The van der Waals surface area contributed by atoms with Crippen LogP contribution in [0.3, 0.4) is 0 Å². The molecule has 0 fully saturated rings. The molecule has 0 saturated heterocycles. The van der Waals surface area contributed by atoms with Crippen molar-refractivity contribution >= 4 is 5.69 Å². The molecule has 1 unspecified atom stereocenters. The Bertz CT molecular complexity index is 440. The minimum atomic E-state index is -0.474. The minimum Gasteiger partial charge on any atom is -0.396 e. The average Bonchev–Trinajstić information content (AvgIpc) is 2.38. The number of non-ortho nitro benzene ring substituents is 1. The van der Waals surface area contributed by atoms with Crippen molar-refractivity contribution in [3.63, 3.8) is 0 Å². The first-order valence-electron chi connectivity index (χ1n) is 5.58. The second-order valence-corrected chi connectivity index (χ2v) is 3.79. The highest BCUT2D eigenvalue weighted by molar-refractivity contribution is 5.34. The molecule has 18 heavy (non-hydrogen) atoms. The van der Waals surface area contributed by atoms with Gasteiger partial charge in [-0.1, -0.05) is 23.7 Å². The third-order valence-electron chi connectivity index (χ3n) is 2.57. The van der Waals surface area contributed by atoms with Gasteiger partial charge < -0.3 is 5.11 Å². The van der Waals surface area contributed by atoms with E-state index in [2.05, 4.69) is 10.0 Å². The molecule has 7 heteroatoms. The summed E-state index contributed by atoms with van der Waals surface area (Å²) in [6.45, 7) is 0.100. The number of nitro benzene ring substituents is 1. The lowest BCUT2D eigenvalue weighted by molar-refractivity contribution is -0.384. The van der Waals surface area contributed by atoms with Gasteiger partial charge in [0.15, 0.2) is 0 Å². The summed E-state index contributed by atoms with van der Waals surface area (Å²) in [7, 11) is 0. The molecule has 7 nitrogen and oxygen atoms in total. The Hall–Kier alpha value is -2.11. The number of hydrogen-bond acceptors (Lipinski definition) is 4. The molecule has 96 valence electrons. The summed E-state index contributed by atoms with van der Waals surface area (Å²) < 4.78 is 0. The number of rotatable bonds is 7. The van der Waals surface area contributed by atoms with Crippen LogP contribution in [0.25, 0.3) is 10.4 Å².